The van der Waals surface area contributed by atoms with Gasteiger partial charge in [0, 0.05) is 18.3 Å². The third-order valence-electron chi connectivity index (χ3n) is 4.43. The van der Waals surface area contributed by atoms with Gasteiger partial charge in [0.05, 0.1) is 16.6 Å². The van der Waals surface area contributed by atoms with Gasteiger partial charge in [-0.2, -0.15) is 0 Å². The van der Waals surface area contributed by atoms with E-state index in [-0.39, 0.29) is 11.8 Å². The molecule has 2 N–H and O–H groups in total. The molecule has 2 amide bonds. The first-order valence-electron chi connectivity index (χ1n) is 8.65. The predicted molar refractivity (Wildman–Crippen MR) is 106 cm³/mol. The maximum Gasteiger partial charge on any atom is 0.256 e. The second-order valence-electron chi connectivity index (χ2n) is 6.75. The van der Waals surface area contributed by atoms with Crippen LogP contribution < -0.4 is 10.6 Å². The molecule has 6 nitrogen and oxygen atoms in total. The Bertz CT molecular complexity index is 993. The molecular weight excluding hydrogens is 364 g/mol. The Labute approximate surface area is 162 Å². The number of carbonyl (C=O) groups excluding carboxylic acids is 2. The largest absolute Gasteiger partial charge is 0.356 e. The fraction of sp³-hybridized carbons (Fsp3) is 0.250. The van der Waals surface area contributed by atoms with Gasteiger partial charge >= 0.3 is 0 Å². The molecule has 2 heterocycles. The molecule has 3 aromatic rings. The van der Waals surface area contributed by atoms with Gasteiger partial charge in [0.1, 0.15) is 5.65 Å². The van der Waals surface area contributed by atoms with Crippen molar-refractivity contribution in [3.05, 3.63) is 64.9 Å². The standard InChI is InChI=1S/C20H21ClN4O2/c1-4-22-19(27)20(2,3)14-7-5-13(6-8-14)18(26)24-16-12-25-11-15(21)9-10-17(25)23-16/h5-12H,4H2,1-3H3,(H,22,27)(H,24,26). The molecule has 27 heavy (non-hydrogen) atoms. The molecule has 0 aliphatic carbocycles. The van der Waals surface area contributed by atoms with Crippen LogP contribution in [0, 0.1) is 0 Å². The van der Waals surface area contributed by atoms with Crippen LogP contribution in [-0.2, 0) is 10.2 Å². The topological polar surface area (TPSA) is 75.5 Å². The Morgan fingerprint density at radius 3 is 2.48 bits per heavy atom. The Kier molecular flexibility index (Phi) is 5.19. The highest BCUT2D eigenvalue weighted by Crippen LogP contribution is 2.24. The van der Waals surface area contributed by atoms with E-state index < -0.39 is 5.41 Å². The number of nitrogens with one attached hydrogen (secondary N) is 2. The van der Waals surface area contributed by atoms with Gasteiger partial charge in [-0.15, -0.1) is 0 Å². The lowest BCUT2D eigenvalue weighted by atomic mass is 9.83. The van der Waals surface area contributed by atoms with Crippen LogP contribution >= 0.6 is 11.6 Å². The smallest absolute Gasteiger partial charge is 0.256 e. The first-order chi connectivity index (χ1) is 12.8. The third kappa shape index (κ3) is 3.95. The quantitative estimate of drug-likeness (QED) is 0.705. The Morgan fingerprint density at radius 2 is 1.81 bits per heavy atom. The molecular formula is C20H21ClN4O2. The SMILES string of the molecule is CCNC(=O)C(C)(C)c1ccc(C(=O)Nc2cn3cc(Cl)ccc3n2)cc1. The lowest BCUT2D eigenvalue weighted by Gasteiger charge is -2.24. The zero-order chi connectivity index (χ0) is 19.6. The summed E-state index contributed by atoms with van der Waals surface area (Å²) in [5, 5.41) is 6.19. The van der Waals surface area contributed by atoms with E-state index in [1.54, 1.807) is 53.2 Å². The third-order valence-corrected chi connectivity index (χ3v) is 4.65. The highest BCUT2D eigenvalue weighted by Gasteiger charge is 2.29. The summed E-state index contributed by atoms with van der Waals surface area (Å²) in [6.07, 6.45) is 3.42. The molecule has 0 saturated heterocycles. The number of imidazole rings is 1. The van der Waals surface area contributed by atoms with Crippen molar-refractivity contribution in [1.82, 2.24) is 14.7 Å². The fourth-order valence-electron chi connectivity index (χ4n) is 2.76. The number of halogens is 1. The van der Waals surface area contributed by atoms with Crippen molar-refractivity contribution in [3.63, 3.8) is 0 Å². The van der Waals surface area contributed by atoms with Crippen LogP contribution in [0.4, 0.5) is 5.82 Å². The number of aromatic nitrogens is 2. The van der Waals surface area contributed by atoms with Crippen LogP contribution in [0.15, 0.2) is 48.8 Å². The number of anilines is 1. The number of benzene rings is 1. The molecule has 3 rings (SSSR count). The van der Waals surface area contributed by atoms with Gasteiger partial charge in [-0.1, -0.05) is 23.7 Å². The Balaban J connectivity index is 1.76. The zero-order valence-electron chi connectivity index (χ0n) is 15.4. The second-order valence-corrected chi connectivity index (χ2v) is 7.19. The van der Waals surface area contributed by atoms with Crippen molar-refractivity contribution in [2.75, 3.05) is 11.9 Å². The van der Waals surface area contributed by atoms with E-state index in [1.807, 2.05) is 20.8 Å². The predicted octanol–water partition coefficient (Wildman–Crippen LogP) is 3.65. The number of carbonyl (C=O) groups is 2. The number of hydrogen-bond donors (Lipinski definition) is 2. The van der Waals surface area contributed by atoms with E-state index in [1.165, 1.54) is 0 Å². The highest BCUT2D eigenvalue weighted by molar-refractivity contribution is 6.30. The van der Waals surface area contributed by atoms with Crippen molar-refractivity contribution in [2.24, 2.45) is 0 Å². The Hall–Kier alpha value is -2.86. The molecule has 0 radical (unpaired) electrons. The summed E-state index contributed by atoms with van der Waals surface area (Å²) in [6.45, 7) is 6.17. The van der Waals surface area contributed by atoms with E-state index in [2.05, 4.69) is 15.6 Å². The summed E-state index contributed by atoms with van der Waals surface area (Å²) >= 11 is 5.96. The van der Waals surface area contributed by atoms with E-state index in [0.29, 0.717) is 28.6 Å². The van der Waals surface area contributed by atoms with E-state index >= 15 is 0 Å². The number of nitrogens with zero attached hydrogens (tertiary/aromatic N) is 2. The second kappa shape index (κ2) is 7.40. The van der Waals surface area contributed by atoms with Crippen molar-refractivity contribution in [1.29, 1.82) is 0 Å². The summed E-state index contributed by atoms with van der Waals surface area (Å²) in [6, 6.07) is 10.5. The van der Waals surface area contributed by atoms with Crippen LogP contribution in [0.2, 0.25) is 5.02 Å². The van der Waals surface area contributed by atoms with Crippen LogP contribution in [0.1, 0.15) is 36.7 Å². The highest BCUT2D eigenvalue weighted by atomic mass is 35.5. The number of likely N-dealkylation sites (N-methyl/N-ethyl adjacent to an activating group) is 1. The van der Waals surface area contributed by atoms with Crippen molar-refractivity contribution in [3.8, 4) is 0 Å². The zero-order valence-corrected chi connectivity index (χ0v) is 16.2. The van der Waals surface area contributed by atoms with Gasteiger partial charge in [0.2, 0.25) is 5.91 Å². The van der Waals surface area contributed by atoms with Crippen molar-refractivity contribution >= 4 is 34.9 Å². The molecule has 0 bridgehead atoms. The minimum atomic E-state index is -0.675. The summed E-state index contributed by atoms with van der Waals surface area (Å²) in [5.74, 6) is 0.117. The molecule has 2 aromatic heterocycles. The van der Waals surface area contributed by atoms with Crippen LogP contribution in [0.3, 0.4) is 0 Å². The maximum absolute atomic E-state index is 12.5. The molecule has 0 unspecified atom stereocenters. The first-order valence-corrected chi connectivity index (χ1v) is 9.03. The van der Waals surface area contributed by atoms with Crippen molar-refractivity contribution < 1.29 is 9.59 Å². The summed E-state index contributed by atoms with van der Waals surface area (Å²) in [5.41, 5.74) is 1.34. The van der Waals surface area contributed by atoms with Gasteiger partial charge in [0.25, 0.3) is 5.91 Å². The average Bonchev–Trinajstić information content (AvgIpc) is 3.03. The van der Waals surface area contributed by atoms with Gasteiger partial charge in [-0.3, -0.25) is 9.59 Å². The van der Waals surface area contributed by atoms with Gasteiger partial charge in [-0.25, -0.2) is 4.98 Å². The average molecular weight is 385 g/mol. The molecule has 0 aliphatic rings. The normalized spacial score (nSPS) is 11.4. The lowest BCUT2D eigenvalue weighted by molar-refractivity contribution is -0.125. The molecule has 0 fully saturated rings. The fourth-order valence-corrected chi connectivity index (χ4v) is 2.93. The van der Waals surface area contributed by atoms with Crippen LogP contribution in [0.5, 0.6) is 0 Å². The molecule has 0 spiro atoms. The molecule has 1 aromatic carbocycles. The molecule has 0 aliphatic heterocycles. The van der Waals surface area contributed by atoms with E-state index in [4.69, 9.17) is 11.6 Å². The number of hydrogen-bond acceptors (Lipinski definition) is 3. The molecule has 0 atom stereocenters. The molecule has 7 heteroatoms. The number of fused-ring (bicyclic) bond motifs is 1. The molecule has 0 saturated carbocycles. The van der Waals surface area contributed by atoms with E-state index in [9.17, 15) is 9.59 Å². The van der Waals surface area contributed by atoms with E-state index in [0.717, 1.165) is 5.56 Å². The minimum absolute atomic E-state index is 0.0504. The Morgan fingerprint density at radius 1 is 1.11 bits per heavy atom. The summed E-state index contributed by atoms with van der Waals surface area (Å²) in [4.78, 5) is 29.1. The number of amides is 2. The summed E-state index contributed by atoms with van der Waals surface area (Å²) < 4.78 is 1.75. The van der Waals surface area contributed by atoms with Crippen LogP contribution in [0.25, 0.3) is 5.65 Å². The number of pyridine rings is 1. The lowest BCUT2D eigenvalue weighted by Crippen LogP contribution is -2.39. The van der Waals surface area contributed by atoms with Gasteiger partial charge in [0.15, 0.2) is 5.82 Å². The first kappa shape index (κ1) is 18.9. The number of rotatable bonds is 5. The monoisotopic (exact) mass is 384 g/mol. The maximum atomic E-state index is 12.5. The van der Waals surface area contributed by atoms with Gasteiger partial charge in [-0.05, 0) is 50.6 Å². The van der Waals surface area contributed by atoms with Crippen LogP contribution in [-0.4, -0.2) is 27.7 Å². The summed E-state index contributed by atoms with van der Waals surface area (Å²) in [7, 11) is 0. The molecule has 140 valence electrons. The van der Waals surface area contributed by atoms with Gasteiger partial charge < -0.3 is 15.0 Å². The minimum Gasteiger partial charge on any atom is -0.356 e. The van der Waals surface area contributed by atoms with Crippen molar-refractivity contribution in [2.45, 2.75) is 26.2 Å².